The van der Waals surface area contributed by atoms with Crippen LogP contribution in [0.2, 0.25) is 0 Å². The molecule has 0 aliphatic rings. The van der Waals surface area contributed by atoms with Crippen molar-refractivity contribution in [2.45, 2.75) is 20.0 Å². The molecule has 0 radical (unpaired) electrons. The van der Waals surface area contributed by atoms with Gasteiger partial charge in [-0.1, -0.05) is 0 Å². The molecular weight excluding hydrogens is 374 g/mol. The zero-order valence-electron chi connectivity index (χ0n) is 15.9. The van der Waals surface area contributed by atoms with Crippen LogP contribution in [-0.4, -0.2) is 38.4 Å². The maximum atomic E-state index is 12.3. The molecule has 2 aromatic heterocycles. The van der Waals surface area contributed by atoms with Crippen LogP contribution >= 0.6 is 0 Å². The van der Waals surface area contributed by atoms with Crippen molar-refractivity contribution < 1.29 is 9.53 Å². The van der Waals surface area contributed by atoms with Crippen LogP contribution in [-0.2, 0) is 17.9 Å². The quantitative estimate of drug-likeness (QED) is 0.601. The van der Waals surface area contributed by atoms with Crippen LogP contribution < -0.4 is 21.2 Å². The van der Waals surface area contributed by atoms with E-state index in [-0.39, 0.29) is 36.7 Å². The Bertz CT molecular complexity index is 1090. The largest absolute Gasteiger partial charge is 0.494 e. The van der Waals surface area contributed by atoms with E-state index >= 15 is 0 Å². The fourth-order valence-electron chi connectivity index (χ4n) is 2.65. The molecule has 29 heavy (non-hydrogen) atoms. The second-order valence-corrected chi connectivity index (χ2v) is 6.13. The molecule has 0 aliphatic heterocycles. The predicted octanol–water partition coefficient (Wildman–Crippen LogP) is 0.682. The van der Waals surface area contributed by atoms with E-state index in [1.165, 1.54) is 35.3 Å². The Kier molecular flexibility index (Phi) is 6.51. The third-order valence-electron chi connectivity index (χ3n) is 4.09. The van der Waals surface area contributed by atoms with Crippen molar-refractivity contribution >= 4 is 5.91 Å². The number of rotatable bonds is 8. The predicted molar refractivity (Wildman–Crippen MR) is 107 cm³/mol. The average molecular weight is 395 g/mol. The highest BCUT2D eigenvalue weighted by Gasteiger charge is 2.06. The average Bonchev–Trinajstić information content (AvgIpc) is 2.72. The summed E-state index contributed by atoms with van der Waals surface area (Å²) in [5, 5.41) is 6.48. The van der Waals surface area contributed by atoms with E-state index < -0.39 is 0 Å². The van der Waals surface area contributed by atoms with E-state index in [1.807, 2.05) is 31.2 Å². The molecule has 0 unspecified atom stereocenters. The summed E-state index contributed by atoms with van der Waals surface area (Å²) in [6.07, 6.45) is 2.88. The van der Waals surface area contributed by atoms with Crippen molar-refractivity contribution in [3.05, 3.63) is 75.7 Å². The Morgan fingerprint density at radius 2 is 1.93 bits per heavy atom. The molecule has 150 valence electrons. The van der Waals surface area contributed by atoms with E-state index in [2.05, 4.69) is 15.4 Å². The first kappa shape index (κ1) is 20.0. The van der Waals surface area contributed by atoms with Gasteiger partial charge in [0.25, 0.3) is 11.1 Å². The first-order valence-corrected chi connectivity index (χ1v) is 9.15. The van der Waals surface area contributed by atoms with Gasteiger partial charge >= 0.3 is 0 Å². The maximum absolute atomic E-state index is 12.3. The zero-order chi connectivity index (χ0) is 20.6. The molecule has 0 saturated heterocycles. The smallest absolute Gasteiger partial charge is 0.267 e. The molecule has 0 saturated carbocycles. The Labute approximate surface area is 166 Å². The van der Waals surface area contributed by atoms with Crippen LogP contribution in [0.1, 0.15) is 6.92 Å². The number of aromatic nitrogens is 4. The van der Waals surface area contributed by atoms with Crippen LogP contribution in [0.25, 0.3) is 11.3 Å². The van der Waals surface area contributed by atoms with Crippen LogP contribution in [0.3, 0.4) is 0 Å². The summed E-state index contributed by atoms with van der Waals surface area (Å²) in [5.41, 5.74) is 0.798. The number of ether oxygens (including phenoxy) is 1. The number of benzene rings is 1. The normalized spacial score (nSPS) is 10.5. The van der Waals surface area contributed by atoms with E-state index in [0.717, 1.165) is 16.0 Å². The molecule has 1 N–H and O–H groups in total. The van der Waals surface area contributed by atoms with Crippen molar-refractivity contribution in [2.75, 3.05) is 13.2 Å². The number of hydrogen-bond acceptors (Lipinski definition) is 6. The van der Waals surface area contributed by atoms with Gasteiger partial charge in [0.1, 0.15) is 12.3 Å². The lowest BCUT2D eigenvalue weighted by molar-refractivity contribution is -0.121. The highest BCUT2D eigenvalue weighted by molar-refractivity contribution is 5.75. The molecule has 3 aromatic rings. The minimum Gasteiger partial charge on any atom is -0.494 e. The monoisotopic (exact) mass is 395 g/mol. The van der Waals surface area contributed by atoms with Crippen molar-refractivity contribution in [3.63, 3.8) is 0 Å². The van der Waals surface area contributed by atoms with Gasteiger partial charge in [0.15, 0.2) is 0 Å². The van der Waals surface area contributed by atoms with Crippen LogP contribution in [0.4, 0.5) is 0 Å². The number of nitrogens with one attached hydrogen (secondary N) is 1. The van der Waals surface area contributed by atoms with Gasteiger partial charge in [-0.05, 0) is 37.3 Å². The number of carbonyl (C=O) groups is 1. The van der Waals surface area contributed by atoms with Crippen molar-refractivity contribution in [3.8, 4) is 17.0 Å². The zero-order valence-corrected chi connectivity index (χ0v) is 15.9. The Morgan fingerprint density at radius 1 is 1.14 bits per heavy atom. The molecular formula is C20H21N5O4. The molecule has 1 amide bonds. The molecule has 9 nitrogen and oxygen atoms in total. The van der Waals surface area contributed by atoms with E-state index in [9.17, 15) is 14.4 Å². The standard InChI is InChI=1S/C20H21N5O4/c1-2-29-16-7-5-15(6-8-16)17-12-20(28)24(14-22-17)11-10-21-18(26)13-25-19(27)4-3-9-23-25/h3-9,12,14H,2,10-11,13H2,1H3,(H,21,26). The molecule has 3 rings (SSSR count). The van der Waals surface area contributed by atoms with Crippen molar-refractivity contribution in [1.82, 2.24) is 24.6 Å². The van der Waals surface area contributed by atoms with Crippen LogP contribution in [0.5, 0.6) is 5.75 Å². The van der Waals surface area contributed by atoms with Gasteiger partial charge in [-0.2, -0.15) is 5.10 Å². The summed E-state index contributed by atoms with van der Waals surface area (Å²) in [4.78, 5) is 40.1. The highest BCUT2D eigenvalue weighted by atomic mass is 16.5. The van der Waals surface area contributed by atoms with Crippen molar-refractivity contribution in [1.29, 1.82) is 0 Å². The molecule has 0 aliphatic carbocycles. The Morgan fingerprint density at radius 3 is 2.62 bits per heavy atom. The summed E-state index contributed by atoms with van der Waals surface area (Å²) in [6, 6.07) is 11.6. The fourth-order valence-corrected chi connectivity index (χ4v) is 2.65. The highest BCUT2D eigenvalue weighted by Crippen LogP contribution is 2.19. The lowest BCUT2D eigenvalue weighted by atomic mass is 10.1. The third-order valence-corrected chi connectivity index (χ3v) is 4.09. The molecule has 0 spiro atoms. The molecule has 9 heteroatoms. The van der Waals surface area contributed by atoms with Gasteiger partial charge < -0.3 is 10.1 Å². The molecule has 2 heterocycles. The minimum absolute atomic E-state index is 0.177. The minimum atomic E-state index is -0.363. The Balaban J connectivity index is 1.56. The van der Waals surface area contributed by atoms with Crippen LogP contribution in [0, 0.1) is 0 Å². The van der Waals surface area contributed by atoms with E-state index in [1.54, 1.807) is 0 Å². The molecule has 0 atom stereocenters. The summed E-state index contributed by atoms with van der Waals surface area (Å²) in [5.74, 6) is 0.395. The summed E-state index contributed by atoms with van der Waals surface area (Å²) >= 11 is 0. The third kappa shape index (κ3) is 5.38. The lowest BCUT2D eigenvalue weighted by Crippen LogP contribution is -2.35. The lowest BCUT2D eigenvalue weighted by Gasteiger charge is -2.09. The van der Waals surface area contributed by atoms with Gasteiger partial charge in [-0.3, -0.25) is 19.0 Å². The number of carbonyl (C=O) groups excluding carboxylic acids is 1. The first-order chi connectivity index (χ1) is 14.1. The SMILES string of the molecule is CCOc1ccc(-c2cc(=O)n(CCNC(=O)Cn3ncccc3=O)cn2)cc1. The topological polar surface area (TPSA) is 108 Å². The van der Waals surface area contributed by atoms with Gasteiger partial charge in [-0.15, -0.1) is 0 Å². The second kappa shape index (κ2) is 9.45. The van der Waals surface area contributed by atoms with Gasteiger partial charge in [0.05, 0.1) is 18.6 Å². The molecule has 1 aromatic carbocycles. The van der Waals surface area contributed by atoms with E-state index in [4.69, 9.17) is 4.74 Å². The summed E-state index contributed by atoms with van der Waals surface area (Å²) in [6.45, 7) is 2.81. The van der Waals surface area contributed by atoms with Gasteiger partial charge in [0.2, 0.25) is 5.91 Å². The number of amides is 1. The van der Waals surface area contributed by atoms with Gasteiger partial charge in [-0.25, -0.2) is 9.67 Å². The Hall–Kier alpha value is -3.75. The number of hydrogen-bond donors (Lipinski definition) is 1. The fraction of sp³-hybridized carbons (Fsp3) is 0.250. The first-order valence-electron chi connectivity index (χ1n) is 9.15. The molecule has 0 bridgehead atoms. The summed E-state index contributed by atoms with van der Waals surface area (Å²) < 4.78 is 7.88. The second-order valence-electron chi connectivity index (χ2n) is 6.13. The van der Waals surface area contributed by atoms with Gasteiger partial charge in [0, 0.05) is 37.0 Å². The maximum Gasteiger partial charge on any atom is 0.267 e. The molecule has 0 fully saturated rings. The van der Waals surface area contributed by atoms with E-state index in [0.29, 0.717) is 12.3 Å². The summed E-state index contributed by atoms with van der Waals surface area (Å²) in [7, 11) is 0. The van der Waals surface area contributed by atoms with Crippen molar-refractivity contribution in [2.24, 2.45) is 0 Å². The number of nitrogens with zero attached hydrogens (tertiary/aromatic N) is 4. The van der Waals surface area contributed by atoms with Crippen LogP contribution in [0.15, 0.2) is 64.6 Å².